The third-order valence-corrected chi connectivity index (χ3v) is 5.13. The molecule has 0 radical (unpaired) electrons. The van der Waals surface area contributed by atoms with Gasteiger partial charge in [-0.15, -0.1) is 0 Å². The van der Waals surface area contributed by atoms with Crippen molar-refractivity contribution in [2.24, 2.45) is 0 Å². The molecule has 3 heteroatoms. The van der Waals surface area contributed by atoms with Crippen LogP contribution in [0.2, 0.25) is 5.02 Å². The second-order valence-electron chi connectivity index (χ2n) is 5.99. The maximum Gasteiger partial charge on any atom is 0.0589 e. The van der Waals surface area contributed by atoms with E-state index in [-0.39, 0.29) is 5.54 Å². The lowest BCUT2D eigenvalue weighted by Gasteiger charge is -2.41. The third-order valence-electron chi connectivity index (χ3n) is 4.89. The Hall–Kier alpha value is -0.990. The van der Waals surface area contributed by atoms with E-state index in [0.29, 0.717) is 0 Å². The summed E-state index contributed by atoms with van der Waals surface area (Å²) in [6.45, 7) is 1.09. The van der Waals surface area contributed by atoms with Gasteiger partial charge in [-0.2, -0.15) is 0 Å². The van der Waals surface area contributed by atoms with Crippen molar-refractivity contribution >= 4 is 22.5 Å². The Labute approximate surface area is 118 Å². The highest BCUT2D eigenvalue weighted by molar-refractivity contribution is 6.31. The summed E-state index contributed by atoms with van der Waals surface area (Å²) in [7, 11) is 0. The number of aromatic nitrogens is 1. The monoisotopic (exact) mass is 274 g/mol. The number of fused-ring (bicyclic) bond motifs is 4. The number of hydrogen-bond donors (Lipinski definition) is 2. The molecule has 0 saturated heterocycles. The summed E-state index contributed by atoms with van der Waals surface area (Å²) in [5.41, 5.74) is 4.38. The van der Waals surface area contributed by atoms with Gasteiger partial charge in [-0.25, -0.2) is 0 Å². The van der Waals surface area contributed by atoms with Gasteiger partial charge >= 0.3 is 0 Å². The van der Waals surface area contributed by atoms with Gasteiger partial charge < -0.3 is 10.3 Å². The predicted octanol–water partition coefficient (Wildman–Crippen LogP) is 4.13. The van der Waals surface area contributed by atoms with Crippen molar-refractivity contribution in [2.45, 2.75) is 44.1 Å². The molecule has 2 aliphatic rings. The molecule has 0 atom stereocenters. The molecule has 2 heterocycles. The average Bonchev–Trinajstić information content (AvgIpc) is 2.80. The van der Waals surface area contributed by atoms with Crippen LogP contribution in [-0.2, 0) is 12.0 Å². The predicted molar refractivity (Wildman–Crippen MR) is 79.8 cm³/mol. The van der Waals surface area contributed by atoms with E-state index in [4.69, 9.17) is 11.6 Å². The summed E-state index contributed by atoms with van der Waals surface area (Å²) in [6.07, 6.45) is 7.69. The van der Waals surface area contributed by atoms with Crippen molar-refractivity contribution in [2.75, 3.05) is 6.54 Å². The lowest BCUT2D eigenvalue weighted by molar-refractivity contribution is 0.218. The first-order valence-corrected chi connectivity index (χ1v) is 7.72. The zero-order valence-corrected chi connectivity index (χ0v) is 11.8. The number of hydrogen-bond acceptors (Lipinski definition) is 1. The van der Waals surface area contributed by atoms with Crippen molar-refractivity contribution in [1.82, 2.24) is 10.3 Å². The molecule has 2 N–H and O–H groups in total. The maximum atomic E-state index is 6.17. The average molecular weight is 275 g/mol. The Balaban J connectivity index is 1.93. The third kappa shape index (κ3) is 1.73. The second kappa shape index (κ2) is 4.26. The minimum atomic E-state index is 0.206. The summed E-state index contributed by atoms with van der Waals surface area (Å²) >= 11 is 6.17. The van der Waals surface area contributed by atoms with Crippen LogP contribution < -0.4 is 5.32 Å². The normalized spacial score (nSPS) is 21.7. The van der Waals surface area contributed by atoms with Crippen molar-refractivity contribution in [1.29, 1.82) is 0 Å². The maximum absolute atomic E-state index is 6.17. The smallest absolute Gasteiger partial charge is 0.0589 e. The minimum absolute atomic E-state index is 0.206. The van der Waals surface area contributed by atoms with Gasteiger partial charge in [0, 0.05) is 28.2 Å². The zero-order valence-electron chi connectivity index (χ0n) is 11.1. The van der Waals surface area contributed by atoms with Crippen LogP contribution >= 0.6 is 11.6 Å². The summed E-state index contributed by atoms with van der Waals surface area (Å²) in [6, 6.07) is 6.22. The van der Waals surface area contributed by atoms with Gasteiger partial charge in [0.15, 0.2) is 0 Å². The molecule has 4 rings (SSSR count). The van der Waals surface area contributed by atoms with Crippen LogP contribution in [0.5, 0.6) is 0 Å². The Morgan fingerprint density at radius 1 is 1.11 bits per heavy atom. The SMILES string of the molecule is Clc1ccc2[nH]c3c(c2c1)CCNC31CCCCC1. The summed E-state index contributed by atoms with van der Waals surface area (Å²) in [5.74, 6) is 0. The summed E-state index contributed by atoms with van der Waals surface area (Å²) in [5, 5.41) is 5.97. The van der Waals surface area contributed by atoms with Crippen LogP contribution in [0.4, 0.5) is 0 Å². The summed E-state index contributed by atoms with van der Waals surface area (Å²) < 4.78 is 0. The van der Waals surface area contributed by atoms with Crippen molar-refractivity contribution in [3.8, 4) is 0 Å². The molecule has 1 aromatic carbocycles. The Morgan fingerprint density at radius 2 is 1.95 bits per heavy atom. The molecule has 1 aliphatic heterocycles. The van der Waals surface area contributed by atoms with Gasteiger partial charge in [-0.1, -0.05) is 30.9 Å². The quantitative estimate of drug-likeness (QED) is 0.743. The lowest BCUT2D eigenvalue weighted by atomic mass is 9.75. The molecule has 1 saturated carbocycles. The molecule has 2 aromatic rings. The van der Waals surface area contributed by atoms with Crippen LogP contribution in [0.3, 0.4) is 0 Å². The van der Waals surface area contributed by atoms with Gasteiger partial charge in [0.2, 0.25) is 0 Å². The molecular weight excluding hydrogens is 256 g/mol. The van der Waals surface area contributed by atoms with Gasteiger partial charge in [0.05, 0.1) is 5.54 Å². The van der Waals surface area contributed by atoms with E-state index in [1.807, 2.05) is 6.07 Å². The van der Waals surface area contributed by atoms with Crippen LogP contribution in [0.25, 0.3) is 10.9 Å². The minimum Gasteiger partial charge on any atom is -0.357 e. The highest BCUT2D eigenvalue weighted by Crippen LogP contribution is 2.42. The number of rotatable bonds is 0. The van der Waals surface area contributed by atoms with Crippen LogP contribution in [0, 0.1) is 0 Å². The fourth-order valence-electron chi connectivity index (χ4n) is 3.99. The fraction of sp³-hybridized carbons (Fsp3) is 0.500. The van der Waals surface area contributed by atoms with E-state index < -0.39 is 0 Å². The summed E-state index contributed by atoms with van der Waals surface area (Å²) in [4.78, 5) is 3.68. The van der Waals surface area contributed by atoms with Crippen molar-refractivity contribution < 1.29 is 0 Å². The molecule has 2 nitrogen and oxygen atoms in total. The first kappa shape index (κ1) is 11.8. The standard InChI is InChI=1S/C16H19ClN2/c17-11-4-5-14-13(10-11)12-6-9-18-16(15(12)19-14)7-2-1-3-8-16/h4-5,10,18-19H,1-3,6-9H2. The number of aromatic amines is 1. The topological polar surface area (TPSA) is 27.8 Å². The largest absolute Gasteiger partial charge is 0.357 e. The fourth-order valence-corrected chi connectivity index (χ4v) is 4.16. The molecule has 100 valence electrons. The Morgan fingerprint density at radius 3 is 2.79 bits per heavy atom. The lowest BCUT2D eigenvalue weighted by Crippen LogP contribution is -2.48. The molecule has 0 bridgehead atoms. The van der Waals surface area contributed by atoms with Crippen LogP contribution in [-0.4, -0.2) is 11.5 Å². The van der Waals surface area contributed by atoms with E-state index in [1.165, 1.54) is 54.3 Å². The highest BCUT2D eigenvalue weighted by atomic mass is 35.5. The van der Waals surface area contributed by atoms with Gasteiger partial charge in [-0.3, -0.25) is 0 Å². The number of benzene rings is 1. The molecule has 0 amide bonds. The molecule has 1 fully saturated rings. The molecule has 1 spiro atoms. The number of nitrogens with one attached hydrogen (secondary N) is 2. The Bertz CT molecular complexity index is 623. The first-order chi connectivity index (χ1) is 9.28. The van der Waals surface area contributed by atoms with Gasteiger partial charge in [0.25, 0.3) is 0 Å². The molecule has 1 aromatic heterocycles. The highest BCUT2D eigenvalue weighted by Gasteiger charge is 2.39. The van der Waals surface area contributed by atoms with Gasteiger partial charge in [-0.05, 0) is 43.0 Å². The zero-order chi connectivity index (χ0) is 12.9. The number of H-pyrrole nitrogens is 1. The molecule has 19 heavy (non-hydrogen) atoms. The van der Waals surface area contributed by atoms with Crippen LogP contribution in [0.1, 0.15) is 43.4 Å². The molecule has 0 unspecified atom stereocenters. The van der Waals surface area contributed by atoms with Crippen molar-refractivity contribution in [3.63, 3.8) is 0 Å². The van der Waals surface area contributed by atoms with Crippen molar-refractivity contribution in [3.05, 3.63) is 34.5 Å². The first-order valence-electron chi connectivity index (χ1n) is 7.34. The molecular formula is C16H19ClN2. The van der Waals surface area contributed by atoms with E-state index in [2.05, 4.69) is 22.4 Å². The van der Waals surface area contributed by atoms with E-state index in [9.17, 15) is 0 Å². The van der Waals surface area contributed by atoms with Crippen LogP contribution in [0.15, 0.2) is 18.2 Å². The second-order valence-corrected chi connectivity index (χ2v) is 6.42. The van der Waals surface area contributed by atoms with Gasteiger partial charge in [0.1, 0.15) is 0 Å². The van der Waals surface area contributed by atoms with E-state index in [0.717, 1.165) is 18.0 Å². The Kier molecular flexibility index (Phi) is 2.64. The van der Waals surface area contributed by atoms with E-state index in [1.54, 1.807) is 0 Å². The molecule has 1 aliphatic carbocycles. The van der Waals surface area contributed by atoms with E-state index >= 15 is 0 Å². The number of halogens is 1.